The zero-order valence-corrected chi connectivity index (χ0v) is 8.66. The van der Waals surface area contributed by atoms with E-state index in [9.17, 15) is 4.79 Å². The van der Waals surface area contributed by atoms with E-state index in [-0.39, 0.29) is 5.92 Å². The zero-order valence-electron chi connectivity index (χ0n) is 8.66. The van der Waals surface area contributed by atoms with Crippen LogP contribution in [0.15, 0.2) is 24.3 Å². The minimum absolute atomic E-state index is 0.327. The van der Waals surface area contributed by atoms with Crippen molar-refractivity contribution in [3.8, 4) is 0 Å². The number of H-pyrrole nitrogens is 1. The summed E-state index contributed by atoms with van der Waals surface area (Å²) in [5.41, 5.74) is 2.15. The van der Waals surface area contributed by atoms with Crippen LogP contribution >= 0.6 is 0 Å². The quantitative estimate of drug-likeness (QED) is 0.681. The summed E-state index contributed by atoms with van der Waals surface area (Å²) in [4.78, 5) is 14.2. The van der Waals surface area contributed by atoms with Crippen molar-refractivity contribution in [3.05, 3.63) is 29.8 Å². The van der Waals surface area contributed by atoms with E-state index in [2.05, 4.69) is 10.3 Å². The molecular weight excluding hydrogens is 204 g/mol. The van der Waals surface area contributed by atoms with Crippen LogP contribution in [0.1, 0.15) is 5.56 Å². The van der Waals surface area contributed by atoms with Gasteiger partial charge in [0.1, 0.15) is 5.82 Å². The van der Waals surface area contributed by atoms with Crippen molar-refractivity contribution >= 4 is 22.7 Å². The fourth-order valence-electron chi connectivity index (χ4n) is 2.28. The molecule has 1 aromatic carbocycles. The molecule has 3 rings (SSSR count). The lowest BCUT2D eigenvalue weighted by molar-refractivity contribution is -0.141. The minimum atomic E-state index is -0.733. The largest absolute Gasteiger partial charge is 0.481 e. The molecule has 2 heterocycles. The first-order valence-electron chi connectivity index (χ1n) is 5.32. The summed E-state index contributed by atoms with van der Waals surface area (Å²) < 4.78 is 0. The molecule has 3 N–H and O–H groups in total. The zero-order chi connectivity index (χ0) is 11.1. The van der Waals surface area contributed by atoms with Crippen LogP contribution in [0.25, 0.3) is 10.9 Å². The Labute approximate surface area is 92.3 Å². The van der Waals surface area contributed by atoms with E-state index in [0.29, 0.717) is 13.0 Å². The highest BCUT2D eigenvalue weighted by Crippen LogP contribution is 2.31. The second-order valence-corrected chi connectivity index (χ2v) is 4.14. The molecule has 4 nitrogen and oxygen atoms in total. The Bertz CT molecular complexity index is 559. The summed E-state index contributed by atoms with van der Waals surface area (Å²) in [5, 5.41) is 13.3. The van der Waals surface area contributed by atoms with Crippen molar-refractivity contribution in [2.45, 2.75) is 6.42 Å². The van der Waals surface area contributed by atoms with Gasteiger partial charge in [0.15, 0.2) is 0 Å². The number of aliphatic carboxylic acids is 1. The molecule has 0 aliphatic carbocycles. The molecule has 0 bridgehead atoms. The van der Waals surface area contributed by atoms with E-state index in [1.165, 1.54) is 0 Å². The van der Waals surface area contributed by atoms with Crippen molar-refractivity contribution < 1.29 is 9.90 Å². The Kier molecular flexibility index (Phi) is 1.89. The van der Waals surface area contributed by atoms with Crippen LogP contribution in [0.3, 0.4) is 0 Å². The van der Waals surface area contributed by atoms with Crippen LogP contribution in [0.4, 0.5) is 5.82 Å². The van der Waals surface area contributed by atoms with Gasteiger partial charge in [0.2, 0.25) is 0 Å². The first-order chi connectivity index (χ1) is 7.75. The van der Waals surface area contributed by atoms with Crippen LogP contribution < -0.4 is 5.32 Å². The van der Waals surface area contributed by atoms with E-state index in [0.717, 1.165) is 22.3 Å². The molecule has 1 aliphatic rings. The third-order valence-electron chi connectivity index (χ3n) is 3.14. The van der Waals surface area contributed by atoms with Gasteiger partial charge < -0.3 is 15.4 Å². The first kappa shape index (κ1) is 9.27. The van der Waals surface area contributed by atoms with E-state index >= 15 is 0 Å². The van der Waals surface area contributed by atoms with Crippen molar-refractivity contribution in [2.24, 2.45) is 5.92 Å². The molecule has 0 saturated carbocycles. The molecule has 0 unspecified atom stereocenters. The number of nitrogens with one attached hydrogen (secondary N) is 2. The Morgan fingerprint density at radius 2 is 2.19 bits per heavy atom. The number of anilines is 1. The third kappa shape index (κ3) is 1.26. The van der Waals surface area contributed by atoms with Crippen molar-refractivity contribution in [3.63, 3.8) is 0 Å². The minimum Gasteiger partial charge on any atom is -0.481 e. The normalized spacial score (nSPS) is 19.1. The number of fused-ring (bicyclic) bond motifs is 3. The standard InChI is InChI=1S/C12H12N2O2/c15-12(16)7-5-9-8-3-1-2-4-10(8)14-11(9)13-6-7/h1-4,7,13-14H,5-6H2,(H,15,16)/t7-/m1/s1. The SMILES string of the molecule is O=C(O)[C@H]1CNc2[nH]c3ccccc3c2C1. The maximum Gasteiger partial charge on any atom is 0.308 e. The van der Waals surface area contributed by atoms with Gasteiger partial charge in [-0.05, 0) is 12.5 Å². The van der Waals surface area contributed by atoms with Crippen LogP contribution in [0.2, 0.25) is 0 Å². The summed E-state index contributed by atoms with van der Waals surface area (Å²) in [6, 6.07) is 7.97. The van der Waals surface area contributed by atoms with Gasteiger partial charge in [-0.3, -0.25) is 4.79 Å². The number of aromatic nitrogens is 1. The number of rotatable bonds is 1. The highest BCUT2D eigenvalue weighted by molar-refractivity contribution is 5.90. The van der Waals surface area contributed by atoms with E-state index in [1.807, 2.05) is 24.3 Å². The second kappa shape index (κ2) is 3.27. The van der Waals surface area contributed by atoms with Crippen LogP contribution in [-0.2, 0) is 11.2 Å². The van der Waals surface area contributed by atoms with Crippen LogP contribution in [-0.4, -0.2) is 22.6 Å². The highest BCUT2D eigenvalue weighted by atomic mass is 16.4. The molecule has 0 fully saturated rings. The number of aromatic amines is 1. The summed E-state index contributed by atoms with van der Waals surface area (Å²) >= 11 is 0. The predicted molar refractivity (Wildman–Crippen MR) is 61.6 cm³/mol. The van der Waals surface area contributed by atoms with Gasteiger partial charge in [0.25, 0.3) is 0 Å². The van der Waals surface area contributed by atoms with Crippen molar-refractivity contribution in [1.82, 2.24) is 4.98 Å². The van der Waals surface area contributed by atoms with Gasteiger partial charge in [-0.15, -0.1) is 0 Å². The number of hydrogen-bond acceptors (Lipinski definition) is 2. The van der Waals surface area contributed by atoms with E-state index < -0.39 is 5.97 Å². The smallest absolute Gasteiger partial charge is 0.308 e. The van der Waals surface area contributed by atoms with Gasteiger partial charge in [-0.1, -0.05) is 18.2 Å². The van der Waals surface area contributed by atoms with Gasteiger partial charge in [0, 0.05) is 23.0 Å². The third-order valence-corrected chi connectivity index (χ3v) is 3.14. The van der Waals surface area contributed by atoms with E-state index in [4.69, 9.17) is 5.11 Å². The highest BCUT2D eigenvalue weighted by Gasteiger charge is 2.26. The average molecular weight is 216 g/mol. The van der Waals surface area contributed by atoms with Crippen molar-refractivity contribution in [1.29, 1.82) is 0 Å². The Hall–Kier alpha value is -1.97. The molecule has 4 heteroatoms. The summed E-state index contributed by atoms with van der Waals surface area (Å²) in [5.74, 6) is -0.0890. The summed E-state index contributed by atoms with van der Waals surface area (Å²) in [7, 11) is 0. The fourth-order valence-corrected chi connectivity index (χ4v) is 2.28. The molecule has 0 radical (unpaired) electrons. The number of carboxylic acid groups (broad SMARTS) is 1. The first-order valence-corrected chi connectivity index (χ1v) is 5.32. The topological polar surface area (TPSA) is 65.1 Å². The van der Waals surface area contributed by atoms with Crippen LogP contribution in [0.5, 0.6) is 0 Å². The lowest BCUT2D eigenvalue weighted by Crippen LogP contribution is -2.29. The van der Waals surface area contributed by atoms with E-state index in [1.54, 1.807) is 0 Å². The molecule has 1 atom stereocenters. The summed E-state index contributed by atoms with van der Waals surface area (Å²) in [6.07, 6.45) is 0.599. The maximum atomic E-state index is 11.0. The summed E-state index contributed by atoms with van der Waals surface area (Å²) in [6.45, 7) is 0.495. The maximum absolute atomic E-state index is 11.0. The fraction of sp³-hybridized carbons (Fsp3) is 0.250. The molecular formula is C12H12N2O2. The Morgan fingerprint density at radius 1 is 1.38 bits per heavy atom. The molecule has 0 amide bonds. The number of para-hydroxylation sites is 1. The average Bonchev–Trinajstić information content (AvgIpc) is 2.66. The number of carbonyl (C=O) groups is 1. The lowest BCUT2D eigenvalue weighted by atomic mass is 9.95. The molecule has 0 saturated heterocycles. The van der Waals surface area contributed by atoms with Gasteiger partial charge in [0.05, 0.1) is 5.92 Å². The molecule has 1 aromatic heterocycles. The Balaban J connectivity index is 2.11. The Morgan fingerprint density at radius 3 is 3.00 bits per heavy atom. The molecule has 2 aromatic rings. The number of benzene rings is 1. The van der Waals surface area contributed by atoms with Crippen LogP contribution in [0, 0.1) is 5.92 Å². The molecule has 1 aliphatic heterocycles. The molecule has 0 spiro atoms. The number of carboxylic acids is 1. The van der Waals surface area contributed by atoms with Crippen molar-refractivity contribution in [2.75, 3.05) is 11.9 Å². The lowest BCUT2D eigenvalue weighted by Gasteiger charge is -2.20. The second-order valence-electron chi connectivity index (χ2n) is 4.14. The number of hydrogen-bond donors (Lipinski definition) is 3. The van der Waals surface area contributed by atoms with Gasteiger partial charge in [-0.2, -0.15) is 0 Å². The van der Waals surface area contributed by atoms with Gasteiger partial charge in [-0.25, -0.2) is 0 Å². The van der Waals surface area contributed by atoms with Gasteiger partial charge >= 0.3 is 5.97 Å². The predicted octanol–water partition coefficient (Wildman–Crippen LogP) is 1.84. The monoisotopic (exact) mass is 216 g/mol. The molecule has 16 heavy (non-hydrogen) atoms. The molecule has 82 valence electrons.